The van der Waals surface area contributed by atoms with Crippen LogP contribution in [0.4, 0.5) is 10.5 Å². The van der Waals surface area contributed by atoms with Crippen molar-refractivity contribution < 1.29 is 9.59 Å². The zero-order valence-electron chi connectivity index (χ0n) is 16.8. The maximum atomic E-state index is 12.7. The summed E-state index contributed by atoms with van der Waals surface area (Å²) in [5.74, 6) is -0.198. The molecule has 6 heteroatoms. The molecule has 0 bridgehead atoms. The van der Waals surface area contributed by atoms with Crippen molar-refractivity contribution in [3.05, 3.63) is 78.4 Å². The van der Waals surface area contributed by atoms with Gasteiger partial charge in [0.05, 0.1) is 12.5 Å². The van der Waals surface area contributed by atoms with Crippen LogP contribution in [0.5, 0.6) is 0 Å². The number of para-hydroxylation sites is 1. The number of hydrogen-bond acceptors (Lipinski definition) is 2. The molecule has 1 atom stereocenters. The van der Waals surface area contributed by atoms with Crippen molar-refractivity contribution in [3.8, 4) is 0 Å². The molecule has 1 aromatic heterocycles. The van der Waals surface area contributed by atoms with Gasteiger partial charge in [0.15, 0.2) is 0 Å². The highest BCUT2D eigenvalue weighted by Gasteiger charge is 2.18. The summed E-state index contributed by atoms with van der Waals surface area (Å²) < 4.78 is 2.26. The predicted octanol–water partition coefficient (Wildman–Crippen LogP) is 4.55. The molecule has 0 fully saturated rings. The van der Waals surface area contributed by atoms with E-state index in [1.165, 1.54) is 5.52 Å². The van der Waals surface area contributed by atoms with E-state index in [4.69, 9.17) is 5.73 Å². The van der Waals surface area contributed by atoms with E-state index in [2.05, 4.69) is 34.3 Å². The number of primary amides is 1. The van der Waals surface area contributed by atoms with Crippen LogP contribution in [0.1, 0.15) is 24.9 Å². The Kier molecular flexibility index (Phi) is 5.39. The first kappa shape index (κ1) is 19.5. The van der Waals surface area contributed by atoms with Gasteiger partial charge in [0.1, 0.15) is 0 Å². The van der Waals surface area contributed by atoms with Gasteiger partial charge in [-0.15, -0.1) is 0 Å². The van der Waals surface area contributed by atoms with Gasteiger partial charge in [-0.25, -0.2) is 4.79 Å². The molecule has 6 nitrogen and oxygen atoms in total. The Bertz CT molecular complexity index is 1210. The summed E-state index contributed by atoms with van der Waals surface area (Å²) in [5, 5.41) is 7.86. The summed E-state index contributed by atoms with van der Waals surface area (Å²) in [7, 11) is 0. The molecule has 0 radical (unpaired) electrons. The zero-order chi connectivity index (χ0) is 21.1. The number of amides is 3. The molecule has 3 aromatic carbocycles. The van der Waals surface area contributed by atoms with Gasteiger partial charge in [-0.05, 0) is 36.8 Å². The average molecular weight is 400 g/mol. The van der Waals surface area contributed by atoms with Crippen LogP contribution >= 0.6 is 0 Å². The van der Waals surface area contributed by atoms with Gasteiger partial charge in [0.2, 0.25) is 5.91 Å². The van der Waals surface area contributed by atoms with Crippen molar-refractivity contribution >= 4 is 39.4 Å². The van der Waals surface area contributed by atoms with Crippen LogP contribution in [0.15, 0.2) is 72.8 Å². The SMILES string of the molecule is CCn1c2ccccc2c2cc(NC(=O)CC(NC(N)=O)c3ccccc3)ccc21. The number of nitrogens with two attached hydrogens (primary N) is 1. The van der Waals surface area contributed by atoms with Crippen molar-refractivity contribution in [2.24, 2.45) is 5.73 Å². The fourth-order valence-corrected chi connectivity index (χ4v) is 3.98. The van der Waals surface area contributed by atoms with Crippen LogP contribution in [0.3, 0.4) is 0 Å². The molecule has 3 amide bonds. The molecule has 0 aliphatic rings. The summed E-state index contributed by atoms with van der Waals surface area (Å²) in [4.78, 5) is 24.1. The molecular formula is C24H24N4O2. The third-order valence-corrected chi connectivity index (χ3v) is 5.28. The average Bonchev–Trinajstić information content (AvgIpc) is 3.06. The minimum Gasteiger partial charge on any atom is -0.352 e. The molecule has 0 spiro atoms. The van der Waals surface area contributed by atoms with Gasteiger partial charge in [0.25, 0.3) is 0 Å². The summed E-state index contributed by atoms with van der Waals surface area (Å²) in [6, 6.07) is 22.4. The Labute approximate surface area is 174 Å². The quantitative estimate of drug-likeness (QED) is 0.443. The molecular weight excluding hydrogens is 376 g/mol. The largest absolute Gasteiger partial charge is 0.352 e. The Morgan fingerprint density at radius 1 is 0.933 bits per heavy atom. The number of carbonyl (C=O) groups excluding carboxylic acids is 2. The molecule has 152 valence electrons. The van der Waals surface area contributed by atoms with Gasteiger partial charge in [-0.3, -0.25) is 4.79 Å². The monoisotopic (exact) mass is 400 g/mol. The maximum Gasteiger partial charge on any atom is 0.312 e. The number of nitrogens with one attached hydrogen (secondary N) is 2. The van der Waals surface area contributed by atoms with Crippen molar-refractivity contribution in [1.82, 2.24) is 9.88 Å². The minimum absolute atomic E-state index is 0.0850. The fourth-order valence-electron chi connectivity index (χ4n) is 3.98. The van der Waals surface area contributed by atoms with Crippen molar-refractivity contribution in [1.29, 1.82) is 0 Å². The lowest BCUT2D eigenvalue weighted by molar-refractivity contribution is -0.116. The van der Waals surface area contributed by atoms with Crippen molar-refractivity contribution in [2.75, 3.05) is 5.32 Å². The lowest BCUT2D eigenvalue weighted by Gasteiger charge is -2.17. The Hall–Kier alpha value is -3.80. The van der Waals surface area contributed by atoms with E-state index in [9.17, 15) is 9.59 Å². The molecule has 4 rings (SSSR count). The van der Waals surface area contributed by atoms with E-state index in [0.717, 1.165) is 34.1 Å². The second-order valence-corrected chi connectivity index (χ2v) is 7.22. The van der Waals surface area contributed by atoms with E-state index in [1.54, 1.807) is 0 Å². The number of nitrogens with zero attached hydrogens (tertiary/aromatic N) is 1. The maximum absolute atomic E-state index is 12.7. The van der Waals surface area contributed by atoms with Gasteiger partial charge >= 0.3 is 6.03 Å². The first-order chi connectivity index (χ1) is 14.6. The van der Waals surface area contributed by atoms with Crippen molar-refractivity contribution in [3.63, 3.8) is 0 Å². The number of aryl methyl sites for hydroxylation is 1. The van der Waals surface area contributed by atoms with E-state index < -0.39 is 12.1 Å². The lowest BCUT2D eigenvalue weighted by atomic mass is 10.0. The molecule has 0 saturated carbocycles. The molecule has 30 heavy (non-hydrogen) atoms. The Balaban J connectivity index is 1.59. The summed E-state index contributed by atoms with van der Waals surface area (Å²) in [5.41, 5.74) is 9.16. The Morgan fingerprint density at radius 3 is 2.37 bits per heavy atom. The molecule has 4 aromatic rings. The van der Waals surface area contributed by atoms with Gasteiger partial charge in [-0.1, -0.05) is 48.5 Å². The smallest absolute Gasteiger partial charge is 0.312 e. The third-order valence-electron chi connectivity index (χ3n) is 5.28. The molecule has 0 aliphatic carbocycles. The highest BCUT2D eigenvalue weighted by molar-refractivity contribution is 6.09. The standard InChI is InChI=1S/C24H24N4O2/c1-2-28-21-11-7-6-10-18(21)19-14-17(12-13-22(19)28)26-23(29)15-20(27-24(25)30)16-8-4-3-5-9-16/h3-14,20H,2,15H2,1H3,(H,26,29)(H3,25,27,30). The number of rotatable bonds is 6. The molecule has 1 heterocycles. The molecule has 0 aliphatic heterocycles. The summed E-state index contributed by atoms with van der Waals surface area (Å²) >= 11 is 0. The van der Waals surface area contributed by atoms with E-state index in [-0.39, 0.29) is 12.3 Å². The number of aromatic nitrogens is 1. The van der Waals surface area contributed by atoms with Gasteiger partial charge in [0, 0.05) is 34.0 Å². The molecule has 0 saturated heterocycles. The van der Waals surface area contributed by atoms with Crippen molar-refractivity contribution in [2.45, 2.75) is 25.9 Å². The molecule has 4 N–H and O–H groups in total. The number of urea groups is 1. The third kappa shape index (κ3) is 3.85. The van der Waals surface area contributed by atoms with Gasteiger partial charge in [-0.2, -0.15) is 0 Å². The summed E-state index contributed by atoms with van der Waals surface area (Å²) in [6.07, 6.45) is 0.0850. The zero-order valence-corrected chi connectivity index (χ0v) is 16.8. The second-order valence-electron chi connectivity index (χ2n) is 7.22. The van der Waals surface area contributed by atoms with Crippen LogP contribution in [0, 0.1) is 0 Å². The number of benzene rings is 3. The highest BCUT2D eigenvalue weighted by Crippen LogP contribution is 2.31. The topological polar surface area (TPSA) is 89.2 Å². The number of hydrogen-bond donors (Lipinski definition) is 3. The van der Waals surface area contributed by atoms with Crippen LogP contribution in [-0.2, 0) is 11.3 Å². The first-order valence-corrected chi connectivity index (χ1v) is 9.98. The van der Waals surface area contributed by atoms with Gasteiger partial charge < -0.3 is 20.9 Å². The number of carbonyl (C=O) groups is 2. The predicted molar refractivity (Wildman–Crippen MR) is 120 cm³/mol. The molecule has 1 unspecified atom stereocenters. The second kappa shape index (κ2) is 8.29. The van der Waals surface area contributed by atoms with Crippen LogP contribution in [0.25, 0.3) is 21.8 Å². The lowest BCUT2D eigenvalue weighted by Crippen LogP contribution is -2.35. The van der Waals surface area contributed by atoms with Crippen LogP contribution in [-0.4, -0.2) is 16.5 Å². The van der Waals surface area contributed by atoms with E-state index in [1.807, 2.05) is 60.7 Å². The first-order valence-electron chi connectivity index (χ1n) is 9.98. The number of fused-ring (bicyclic) bond motifs is 3. The van der Waals surface area contributed by atoms with E-state index >= 15 is 0 Å². The van der Waals surface area contributed by atoms with Crippen LogP contribution < -0.4 is 16.4 Å². The van der Waals surface area contributed by atoms with E-state index in [0.29, 0.717) is 0 Å². The minimum atomic E-state index is -0.662. The Morgan fingerprint density at radius 2 is 1.63 bits per heavy atom. The highest BCUT2D eigenvalue weighted by atomic mass is 16.2. The summed E-state index contributed by atoms with van der Waals surface area (Å²) in [6.45, 7) is 2.99. The normalized spacial score (nSPS) is 12.0. The number of anilines is 1. The fraction of sp³-hybridized carbons (Fsp3) is 0.167. The van der Waals surface area contributed by atoms with Crippen LogP contribution in [0.2, 0.25) is 0 Å².